The van der Waals surface area contributed by atoms with Crippen LogP contribution in [0.5, 0.6) is 0 Å². The summed E-state index contributed by atoms with van der Waals surface area (Å²) >= 11 is 0. The predicted molar refractivity (Wildman–Crippen MR) is 135 cm³/mol. The first-order chi connectivity index (χ1) is 14.2. The van der Waals surface area contributed by atoms with Gasteiger partial charge in [-0.3, -0.25) is 4.79 Å². The highest BCUT2D eigenvalue weighted by atomic mass is 31.0. The summed E-state index contributed by atoms with van der Waals surface area (Å²) in [7, 11) is 2.66. The summed E-state index contributed by atoms with van der Waals surface area (Å²) < 4.78 is 1.47. The van der Waals surface area contributed by atoms with E-state index in [0.717, 1.165) is 32.8 Å². The van der Waals surface area contributed by atoms with Crippen molar-refractivity contribution in [3.8, 4) is 5.69 Å². The van der Waals surface area contributed by atoms with Gasteiger partial charge in [-0.05, 0) is 64.5 Å². The van der Waals surface area contributed by atoms with Gasteiger partial charge in [0.15, 0.2) is 0 Å². The van der Waals surface area contributed by atoms with E-state index >= 15 is 0 Å². The van der Waals surface area contributed by atoms with Crippen molar-refractivity contribution in [2.45, 2.75) is 55.4 Å². The zero-order valence-corrected chi connectivity index (χ0v) is 20.7. The molecule has 0 aliphatic rings. The SMILES string of the molecule is CC.CC(C)=c1cnn(-c2cccc(C)c2)c(=O)c1=C(C)C.Cc1cccc(P)c1. The molecule has 0 fully saturated rings. The molecule has 0 bridgehead atoms. The maximum Gasteiger partial charge on any atom is 0.279 e. The maximum absolute atomic E-state index is 12.7. The van der Waals surface area contributed by atoms with Crippen LogP contribution in [0.15, 0.2) is 59.5 Å². The first-order valence-corrected chi connectivity index (χ1v) is 10.9. The Balaban J connectivity index is 0.000000375. The van der Waals surface area contributed by atoms with Gasteiger partial charge in [-0.15, -0.1) is 9.24 Å². The van der Waals surface area contributed by atoms with E-state index < -0.39 is 0 Å². The third kappa shape index (κ3) is 7.07. The van der Waals surface area contributed by atoms with Crippen LogP contribution in [0.3, 0.4) is 0 Å². The molecule has 1 heterocycles. The van der Waals surface area contributed by atoms with Crippen LogP contribution in [-0.2, 0) is 0 Å². The molecular weight excluding hydrogens is 387 g/mol. The summed E-state index contributed by atoms with van der Waals surface area (Å²) in [6, 6.07) is 16.1. The fraction of sp³-hybridized carbons (Fsp3) is 0.308. The van der Waals surface area contributed by atoms with Crippen molar-refractivity contribution >= 4 is 25.7 Å². The minimum atomic E-state index is -0.0608. The number of aryl methyl sites for hydroxylation is 2. The molecule has 0 radical (unpaired) electrons. The van der Waals surface area contributed by atoms with Crippen LogP contribution in [0.2, 0.25) is 0 Å². The molecule has 30 heavy (non-hydrogen) atoms. The second kappa shape index (κ2) is 12.2. The molecule has 0 spiro atoms. The molecule has 4 heteroatoms. The van der Waals surface area contributed by atoms with E-state index in [2.05, 4.69) is 45.5 Å². The lowest BCUT2D eigenvalue weighted by Gasteiger charge is -2.06. The van der Waals surface area contributed by atoms with Gasteiger partial charge in [-0.25, -0.2) is 0 Å². The molecule has 0 saturated carbocycles. The second-order valence-corrected chi connectivity index (χ2v) is 8.07. The fourth-order valence-electron chi connectivity index (χ4n) is 2.93. The monoisotopic (exact) mass is 422 g/mol. The minimum absolute atomic E-state index is 0.0608. The van der Waals surface area contributed by atoms with Crippen LogP contribution in [-0.4, -0.2) is 9.78 Å². The van der Waals surface area contributed by atoms with Crippen molar-refractivity contribution in [3.05, 3.63) is 86.6 Å². The molecule has 0 saturated heterocycles. The number of rotatable bonds is 1. The highest BCUT2D eigenvalue weighted by molar-refractivity contribution is 7.27. The number of nitrogens with zero attached hydrogens (tertiary/aromatic N) is 2. The largest absolute Gasteiger partial charge is 0.279 e. The lowest BCUT2D eigenvalue weighted by Crippen LogP contribution is -2.47. The van der Waals surface area contributed by atoms with E-state index in [1.165, 1.54) is 15.5 Å². The molecule has 2 aromatic carbocycles. The summed E-state index contributed by atoms with van der Waals surface area (Å²) in [6.45, 7) is 16.0. The van der Waals surface area contributed by atoms with Crippen LogP contribution in [0.25, 0.3) is 16.8 Å². The van der Waals surface area contributed by atoms with Crippen molar-refractivity contribution < 1.29 is 0 Å². The quantitative estimate of drug-likeness (QED) is 0.544. The van der Waals surface area contributed by atoms with E-state index in [4.69, 9.17) is 0 Å². The number of aromatic nitrogens is 2. The second-order valence-electron chi connectivity index (χ2n) is 7.40. The Labute approximate surface area is 183 Å². The Morgan fingerprint density at radius 2 is 1.43 bits per heavy atom. The molecule has 1 aromatic heterocycles. The Morgan fingerprint density at radius 1 is 0.867 bits per heavy atom. The van der Waals surface area contributed by atoms with Crippen LogP contribution < -0.4 is 21.3 Å². The molecule has 160 valence electrons. The normalized spacial score (nSPS) is 9.63. The average Bonchev–Trinajstić information content (AvgIpc) is 2.69. The molecule has 0 amide bonds. The fourth-order valence-corrected chi connectivity index (χ4v) is 3.30. The van der Waals surface area contributed by atoms with E-state index in [-0.39, 0.29) is 5.56 Å². The van der Waals surface area contributed by atoms with E-state index in [0.29, 0.717) is 0 Å². The Bertz CT molecular complexity index is 1130. The van der Waals surface area contributed by atoms with Gasteiger partial charge in [0, 0.05) is 10.4 Å². The molecule has 0 N–H and O–H groups in total. The molecule has 3 nitrogen and oxygen atoms in total. The standard InChI is InChI=1S/C17H20N2O.C7H9P.C2H6/c1-11(2)15-10-18-19(17(20)16(15)12(3)4)14-8-6-7-13(5)9-14;1-6-3-2-4-7(8)5-6;1-2/h6-10H,1-5H3;2-5H,8H2,1H3;1-2H3. The number of hydrogen-bond donors (Lipinski definition) is 0. The third-order valence-corrected chi connectivity index (χ3v) is 4.66. The first kappa shape index (κ1) is 25.5. The molecule has 3 rings (SSSR count). The molecule has 1 unspecified atom stereocenters. The summed E-state index contributed by atoms with van der Waals surface area (Å²) in [6.07, 6.45) is 1.78. The van der Waals surface area contributed by atoms with Crippen molar-refractivity contribution in [2.24, 2.45) is 0 Å². The molecular formula is C26H35N2OP. The lowest BCUT2D eigenvalue weighted by molar-refractivity contribution is 0.789. The topological polar surface area (TPSA) is 34.9 Å². The minimum Gasteiger partial charge on any atom is -0.267 e. The van der Waals surface area contributed by atoms with Gasteiger partial charge in [-0.1, -0.05) is 67.0 Å². The predicted octanol–water partition coefficient (Wildman–Crippen LogP) is 4.44. The van der Waals surface area contributed by atoms with Crippen LogP contribution in [0.4, 0.5) is 0 Å². The molecule has 0 aliphatic heterocycles. The zero-order chi connectivity index (χ0) is 22.8. The van der Waals surface area contributed by atoms with E-state index in [1.807, 2.05) is 72.7 Å². The molecule has 0 aliphatic carbocycles. The van der Waals surface area contributed by atoms with Gasteiger partial charge >= 0.3 is 0 Å². The highest BCUT2D eigenvalue weighted by Gasteiger charge is 2.05. The van der Waals surface area contributed by atoms with Gasteiger partial charge in [0.2, 0.25) is 0 Å². The van der Waals surface area contributed by atoms with E-state index in [9.17, 15) is 4.79 Å². The smallest absolute Gasteiger partial charge is 0.267 e. The van der Waals surface area contributed by atoms with Gasteiger partial charge < -0.3 is 0 Å². The number of benzene rings is 2. The molecule has 3 aromatic rings. The highest BCUT2D eigenvalue weighted by Crippen LogP contribution is 2.05. The Kier molecular flexibility index (Phi) is 10.4. The average molecular weight is 423 g/mol. The summed E-state index contributed by atoms with van der Waals surface area (Å²) in [5.74, 6) is 0. The van der Waals surface area contributed by atoms with Crippen molar-refractivity contribution in [3.63, 3.8) is 0 Å². The van der Waals surface area contributed by atoms with Crippen molar-refractivity contribution in [2.75, 3.05) is 0 Å². The van der Waals surface area contributed by atoms with Crippen LogP contribution >= 0.6 is 9.24 Å². The number of hydrogen-bond acceptors (Lipinski definition) is 2. The van der Waals surface area contributed by atoms with Gasteiger partial charge in [-0.2, -0.15) is 9.78 Å². The van der Waals surface area contributed by atoms with Gasteiger partial charge in [0.1, 0.15) is 0 Å². The summed E-state index contributed by atoms with van der Waals surface area (Å²) in [5, 5.41) is 7.26. The summed E-state index contributed by atoms with van der Waals surface area (Å²) in [4.78, 5) is 12.7. The zero-order valence-electron chi connectivity index (χ0n) is 19.6. The van der Waals surface area contributed by atoms with E-state index in [1.54, 1.807) is 6.20 Å². The van der Waals surface area contributed by atoms with Crippen molar-refractivity contribution in [1.29, 1.82) is 0 Å². The van der Waals surface area contributed by atoms with Crippen molar-refractivity contribution in [1.82, 2.24) is 9.78 Å². The molecule has 1 atom stereocenters. The first-order valence-electron chi connectivity index (χ1n) is 10.3. The van der Waals surface area contributed by atoms with Crippen LogP contribution in [0, 0.1) is 13.8 Å². The Hall–Kier alpha value is -2.51. The lowest BCUT2D eigenvalue weighted by atomic mass is 10.1. The Morgan fingerprint density at radius 3 is 1.87 bits per heavy atom. The summed E-state index contributed by atoms with van der Waals surface area (Å²) in [5.41, 5.74) is 5.28. The van der Waals surface area contributed by atoms with Gasteiger partial charge in [0.25, 0.3) is 5.56 Å². The van der Waals surface area contributed by atoms with Gasteiger partial charge in [0.05, 0.1) is 11.9 Å². The maximum atomic E-state index is 12.7. The third-order valence-electron chi connectivity index (χ3n) is 4.30. The van der Waals surface area contributed by atoms with Crippen LogP contribution in [0.1, 0.15) is 52.7 Å².